The second kappa shape index (κ2) is 7.64. The Morgan fingerprint density at radius 1 is 1.25 bits per heavy atom. The van der Waals surface area contributed by atoms with Gasteiger partial charge in [-0.2, -0.15) is 0 Å². The number of benzene rings is 1. The van der Waals surface area contributed by atoms with Crippen molar-refractivity contribution in [1.82, 2.24) is 9.88 Å². The smallest absolute Gasteiger partial charge is 0.153 e. The van der Waals surface area contributed by atoms with Crippen LogP contribution in [0, 0.1) is 6.92 Å². The number of halogens is 2. The highest BCUT2D eigenvalue weighted by Gasteiger charge is 2.15. The molecule has 0 amide bonds. The Kier molecular flexibility index (Phi) is 5.33. The topological polar surface area (TPSA) is 52.9 Å². The maximum Gasteiger partial charge on any atom is 0.153 e. The molecule has 1 aliphatic heterocycles. The third kappa shape index (κ3) is 4.04. The van der Waals surface area contributed by atoms with Gasteiger partial charge in [-0.25, -0.2) is 9.98 Å². The second-order valence-corrected chi connectivity index (χ2v) is 6.11. The Balaban J connectivity index is 1.64. The van der Waals surface area contributed by atoms with Crippen LogP contribution in [0.5, 0.6) is 0 Å². The van der Waals surface area contributed by atoms with E-state index in [0.717, 1.165) is 30.3 Å². The first-order chi connectivity index (χ1) is 11.6. The Bertz CT molecular complexity index is 788. The molecule has 24 heavy (non-hydrogen) atoms. The lowest BCUT2D eigenvalue weighted by molar-refractivity contribution is 0.677. The van der Waals surface area contributed by atoms with Crippen LogP contribution in [0.25, 0.3) is 0 Å². The lowest BCUT2D eigenvalue weighted by Gasteiger charge is -2.16. The summed E-state index contributed by atoms with van der Waals surface area (Å²) in [7, 11) is 0. The molecule has 5 nitrogen and oxygen atoms in total. The zero-order valence-corrected chi connectivity index (χ0v) is 14.7. The molecule has 1 aliphatic rings. The minimum Gasteiger partial charge on any atom is -0.377 e. The van der Waals surface area contributed by atoms with Gasteiger partial charge in [-0.05, 0) is 31.2 Å². The highest BCUT2D eigenvalue weighted by molar-refractivity contribution is 6.43. The number of hydrogen-bond donors (Lipinski definition) is 1. The maximum absolute atomic E-state index is 6.19. The summed E-state index contributed by atoms with van der Waals surface area (Å²) in [5.74, 6) is 1.59. The molecule has 0 spiro atoms. The van der Waals surface area contributed by atoms with E-state index in [1.807, 2.05) is 42.2 Å². The monoisotopic (exact) mass is 361 g/mol. The van der Waals surface area contributed by atoms with E-state index in [2.05, 4.69) is 20.3 Å². The fourth-order valence-electron chi connectivity index (χ4n) is 2.33. The molecule has 0 radical (unpaired) electrons. The minimum atomic E-state index is 0.516. The molecular weight excluding hydrogens is 345 g/mol. The molecule has 0 bridgehead atoms. The maximum atomic E-state index is 6.19. The van der Waals surface area contributed by atoms with Crippen LogP contribution >= 0.6 is 23.2 Å². The summed E-state index contributed by atoms with van der Waals surface area (Å²) in [4.78, 5) is 15.3. The van der Waals surface area contributed by atoms with Gasteiger partial charge in [-0.15, -0.1) is 0 Å². The van der Waals surface area contributed by atoms with Gasteiger partial charge in [0.2, 0.25) is 0 Å². The van der Waals surface area contributed by atoms with Gasteiger partial charge in [-0.3, -0.25) is 4.99 Å². The number of anilines is 1. The van der Waals surface area contributed by atoms with Crippen molar-refractivity contribution in [3.05, 3.63) is 52.1 Å². The number of rotatable bonds is 5. The molecule has 0 atom stereocenters. The first-order valence-electron chi connectivity index (χ1n) is 7.59. The number of aromatic nitrogens is 1. The van der Waals surface area contributed by atoms with Crippen LogP contribution in [0.4, 0.5) is 11.5 Å². The van der Waals surface area contributed by atoms with Crippen molar-refractivity contribution < 1.29 is 0 Å². The third-order valence-electron chi connectivity index (χ3n) is 3.56. The van der Waals surface area contributed by atoms with Crippen LogP contribution in [-0.4, -0.2) is 41.7 Å². The van der Waals surface area contributed by atoms with Crippen molar-refractivity contribution >= 4 is 46.9 Å². The molecule has 7 heteroatoms. The van der Waals surface area contributed by atoms with Gasteiger partial charge in [0.1, 0.15) is 5.84 Å². The summed E-state index contributed by atoms with van der Waals surface area (Å²) in [5, 5.41) is 4.31. The first kappa shape index (κ1) is 16.7. The SMILES string of the molecule is Cc1cccc(N=CN2CCN=C2CNc2cccc(Cl)c2Cl)n1. The highest BCUT2D eigenvalue weighted by Crippen LogP contribution is 2.29. The lowest BCUT2D eigenvalue weighted by atomic mass is 10.3. The van der Waals surface area contributed by atoms with Crippen molar-refractivity contribution in [1.29, 1.82) is 0 Å². The Hall–Kier alpha value is -2.11. The summed E-state index contributed by atoms with van der Waals surface area (Å²) >= 11 is 12.2. The standard InChI is InChI=1S/C17H17Cl2N5/c1-12-4-2-7-15(23-12)22-11-24-9-8-20-16(24)10-21-14-6-3-5-13(18)17(14)19/h2-7,11,21H,8-10H2,1H3. The molecule has 0 aliphatic carbocycles. The molecule has 1 aromatic carbocycles. The van der Waals surface area contributed by atoms with E-state index in [1.54, 1.807) is 12.4 Å². The van der Waals surface area contributed by atoms with Crippen molar-refractivity contribution in [2.45, 2.75) is 6.92 Å². The van der Waals surface area contributed by atoms with Crippen molar-refractivity contribution in [2.75, 3.05) is 25.0 Å². The van der Waals surface area contributed by atoms with E-state index in [1.165, 1.54) is 0 Å². The number of nitrogens with zero attached hydrogens (tertiary/aromatic N) is 4. The van der Waals surface area contributed by atoms with Crippen molar-refractivity contribution in [3.8, 4) is 0 Å². The molecule has 124 valence electrons. The van der Waals surface area contributed by atoms with Gasteiger partial charge < -0.3 is 10.2 Å². The summed E-state index contributed by atoms with van der Waals surface area (Å²) in [6.45, 7) is 4.04. The molecule has 0 saturated carbocycles. The van der Waals surface area contributed by atoms with Gasteiger partial charge >= 0.3 is 0 Å². The lowest BCUT2D eigenvalue weighted by Crippen LogP contribution is -2.31. The van der Waals surface area contributed by atoms with E-state index in [-0.39, 0.29) is 0 Å². The van der Waals surface area contributed by atoms with E-state index in [0.29, 0.717) is 22.4 Å². The van der Waals surface area contributed by atoms with Crippen LogP contribution in [0.15, 0.2) is 46.4 Å². The van der Waals surface area contributed by atoms with Crippen LogP contribution in [0.3, 0.4) is 0 Å². The minimum absolute atomic E-state index is 0.516. The van der Waals surface area contributed by atoms with E-state index in [4.69, 9.17) is 23.2 Å². The summed E-state index contributed by atoms with van der Waals surface area (Å²) < 4.78 is 0. The normalized spacial score (nSPS) is 14.3. The van der Waals surface area contributed by atoms with Gasteiger partial charge in [0, 0.05) is 12.2 Å². The average molecular weight is 362 g/mol. The molecule has 1 N–H and O–H groups in total. The molecule has 1 aromatic heterocycles. The quantitative estimate of drug-likeness (QED) is 0.641. The van der Waals surface area contributed by atoms with Crippen LogP contribution < -0.4 is 5.32 Å². The number of aliphatic imine (C=N–C) groups is 2. The number of pyridine rings is 1. The summed E-state index contributed by atoms with van der Waals surface area (Å²) in [5.41, 5.74) is 1.73. The Morgan fingerprint density at radius 2 is 2.08 bits per heavy atom. The number of nitrogens with one attached hydrogen (secondary N) is 1. The highest BCUT2D eigenvalue weighted by atomic mass is 35.5. The van der Waals surface area contributed by atoms with E-state index in [9.17, 15) is 0 Å². The summed E-state index contributed by atoms with van der Waals surface area (Å²) in [6.07, 6.45) is 1.77. The summed E-state index contributed by atoms with van der Waals surface area (Å²) in [6, 6.07) is 11.3. The third-order valence-corrected chi connectivity index (χ3v) is 4.38. The average Bonchev–Trinajstić information content (AvgIpc) is 3.02. The number of aryl methyl sites for hydroxylation is 1. The zero-order chi connectivity index (χ0) is 16.9. The van der Waals surface area contributed by atoms with Crippen molar-refractivity contribution in [2.24, 2.45) is 9.98 Å². The molecular formula is C17H17Cl2N5. The number of hydrogen-bond acceptors (Lipinski definition) is 4. The van der Waals surface area contributed by atoms with Gasteiger partial charge in [0.15, 0.2) is 5.82 Å². The molecule has 3 rings (SSSR count). The second-order valence-electron chi connectivity index (χ2n) is 5.33. The molecule has 0 unspecified atom stereocenters. The van der Waals surface area contributed by atoms with Gasteiger partial charge in [0.05, 0.1) is 35.2 Å². The predicted octanol–water partition coefficient (Wildman–Crippen LogP) is 4.18. The first-order valence-corrected chi connectivity index (χ1v) is 8.35. The van der Waals surface area contributed by atoms with E-state index < -0.39 is 0 Å². The Labute approximate surface area is 151 Å². The van der Waals surface area contributed by atoms with Crippen LogP contribution in [-0.2, 0) is 0 Å². The van der Waals surface area contributed by atoms with Crippen molar-refractivity contribution in [3.63, 3.8) is 0 Å². The predicted molar refractivity (Wildman–Crippen MR) is 101 cm³/mol. The zero-order valence-electron chi connectivity index (χ0n) is 13.2. The largest absolute Gasteiger partial charge is 0.377 e. The van der Waals surface area contributed by atoms with Gasteiger partial charge in [-0.1, -0.05) is 35.3 Å². The fourth-order valence-corrected chi connectivity index (χ4v) is 2.70. The van der Waals surface area contributed by atoms with Crippen LogP contribution in [0.1, 0.15) is 5.69 Å². The van der Waals surface area contributed by atoms with Crippen LogP contribution in [0.2, 0.25) is 10.0 Å². The van der Waals surface area contributed by atoms with E-state index >= 15 is 0 Å². The number of amidine groups is 1. The fraction of sp³-hybridized carbons (Fsp3) is 0.235. The molecule has 0 fully saturated rings. The molecule has 0 saturated heterocycles. The van der Waals surface area contributed by atoms with Gasteiger partial charge in [0.25, 0.3) is 0 Å². The molecule has 2 aromatic rings. The molecule has 2 heterocycles. The Morgan fingerprint density at radius 3 is 2.92 bits per heavy atom.